The predicted octanol–water partition coefficient (Wildman–Crippen LogP) is 2.39. The number of nitrogens with zero attached hydrogens (tertiary/aromatic N) is 2. The van der Waals surface area contributed by atoms with Crippen molar-refractivity contribution >= 4 is 0 Å². The molecule has 1 saturated carbocycles. The maximum atomic E-state index is 9.20. The van der Waals surface area contributed by atoms with Crippen molar-refractivity contribution in [3.05, 3.63) is 0 Å². The van der Waals surface area contributed by atoms with Crippen LogP contribution < -0.4 is 5.32 Å². The van der Waals surface area contributed by atoms with E-state index in [1.807, 2.05) is 14.0 Å². The Balaban J connectivity index is 2.47. The van der Waals surface area contributed by atoms with E-state index in [-0.39, 0.29) is 0 Å². The number of nitrogens with one attached hydrogen (secondary N) is 1. The Morgan fingerprint density at radius 2 is 2.18 bits per heavy atom. The zero-order chi connectivity index (χ0) is 12.9. The quantitative estimate of drug-likeness (QED) is 0.739. The van der Waals surface area contributed by atoms with E-state index in [4.69, 9.17) is 0 Å². The molecule has 0 aromatic rings. The van der Waals surface area contributed by atoms with Crippen molar-refractivity contribution in [3.63, 3.8) is 0 Å². The molecule has 0 aromatic carbocycles. The van der Waals surface area contributed by atoms with Crippen LogP contribution in [0.3, 0.4) is 0 Å². The Morgan fingerprint density at radius 3 is 2.53 bits per heavy atom. The van der Waals surface area contributed by atoms with Gasteiger partial charge in [0.1, 0.15) is 5.54 Å². The minimum Gasteiger partial charge on any atom is -0.303 e. The van der Waals surface area contributed by atoms with Gasteiger partial charge in [0.25, 0.3) is 0 Å². The van der Waals surface area contributed by atoms with Crippen LogP contribution in [0, 0.1) is 17.2 Å². The SMILES string of the molecule is CCN(CC1CCC1)C(C)CC(C)(C#N)NC. The minimum absolute atomic E-state index is 0.396. The second-order valence-corrected chi connectivity index (χ2v) is 5.63. The van der Waals surface area contributed by atoms with E-state index in [0.29, 0.717) is 6.04 Å². The van der Waals surface area contributed by atoms with Crippen LogP contribution in [-0.4, -0.2) is 36.6 Å². The van der Waals surface area contributed by atoms with Crippen LogP contribution in [0.5, 0.6) is 0 Å². The number of hydrogen-bond acceptors (Lipinski definition) is 3. The maximum absolute atomic E-state index is 9.20. The molecule has 0 aliphatic heterocycles. The molecule has 1 fully saturated rings. The van der Waals surface area contributed by atoms with Gasteiger partial charge in [-0.15, -0.1) is 0 Å². The Bertz CT molecular complexity index is 267. The first-order valence-corrected chi connectivity index (χ1v) is 6.89. The average Bonchev–Trinajstić information content (AvgIpc) is 2.27. The molecule has 0 bridgehead atoms. The third-order valence-electron chi connectivity index (χ3n) is 4.25. The molecular formula is C14H27N3. The van der Waals surface area contributed by atoms with Crippen molar-refractivity contribution < 1.29 is 0 Å². The normalized spacial score (nSPS) is 21.6. The van der Waals surface area contributed by atoms with Gasteiger partial charge in [0.15, 0.2) is 0 Å². The number of hydrogen-bond donors (Lipinski definition) is 1. The van der Waals surface area contributed by atoms with E-state index in [0.717, 1.165) is 18.9 Å². The summed E-state index contributed by atoms with van der Waals surface area (Å²) in [5, 5.41) is 12.3. The summed E-state index contributed by atoms with van der Waals surface area (Å²) in [4.78, 5) is 2.52. The van der Waals surface area contributed by atoms with Crippen LogP contribution in [0.25, 0.3) is 0 Å². The molecule has 0 saturated heterocycles. The highest BCUT2D eigenvalue weighted by Crippen LogP contribution is 2.28. The molecule has 17 heavy (non-hydrogen) atoms. The Labute approximate surface area is 106 Å². The fourth-order valence-electron chi connectivity index (χ4n) is 2.55. The molecule has 0 spiro atoms. The first-order valence-electron chi connectivity index (χ1n) is 6.89. The first kappa shape index (κ1) is 14.5. The zero-order valence-electron chi connectivity index (χ0n) is 11.8. The summed E-state index contributed by atoms with van der Waals surface area (Å²) in [6.07, 6.45) is 5.08. The lowest BCUT2D eigenvalue weighted by Gasteiger charge is -2.37. The summed E-state index contributed by atoms with van der Waals surface area (Å²) in [5.74, 6) is 0.903. The Kier molecular flexibility index (Phi) is 5.42. The van der Waals surface area contributed by atoms with Crippen molar-refractivity contribution in [2.75, 3.05) is 20.1 Å². The van der Waals surface area contributed by atoms with Gasteiger partial charge in [-0.1, -0.05) is 13.3 Å². The third kappa shape index (κ3) is 3.97. The van der Waals surface area contributed by atoms with E-state index < -0.39 is 5.54 Å². The van der Waals surface area contributed by atoms with Gasteiger partial charge in [-0.3, -0.25) is 0 Å². The van der Waals surface area contributed by atoms with Gasteiger partial charge in [-0.25, -0.2) is 0 Å². The predicted molar refractivity (Wildman–Crippen MR) is 71.7 cm³/mol. The van der Waals surface area contributed by atoms with Crippen LogP contribution in [0.15, 0.2) is 0 Å². The minimum atomic E-state index is -0.396. The Morgan fingerprint density at radius 1 is 1.53 bits per heavy atom. The van der Waals surface area contributed by atoms with Crippen LogP contribution in [-0.2, 0) is 0 Å². The molecule has 0 radical (unpaired) electrons. The van der Waals surface area contributed by atoms with Crippen molar-refractivity contribution in [1.82, 2.24) is 10.2 Å². The third-order valence-corrected chi connectivity index (χ3v) is 4.25. The van der Waals surface area contributed by atoms with Gasteiger partial charge in [0.2, 0.25) is 0 Å². The molecular weight excluding hydrogens is 210 g/mol. The van der Waals surface area contributed by atoms with Gasteiger partial charge >= 0.3 is 0 Å². The highest BCUT2D eigenvalue weighted by molar-refractivity contribution is 5.04. The Hall–Kier alpha value is -0.590. The summed E-state index contributed by atoms with van der Waals surface area (Å²) in [7, 11) is 1.87. The number of nitriles is 1. The standard InChI is InChI=1S/C14H27N3/c1-5-17(10-13-7-6-8-13)12(2)9-14(3,11-15)16-4/h12-13,16H,5-10H2,1-4H3. The lowest BCUT2D eigenvalue weighted by molar-refractivity contribution is 0.129. The highest BCUT2D eigenvalue weighted by Gasteiger charge is 2.28. The summed E-state index contributed by atoms with van der Waals surface area (Å²) >= 11 is 0. The fraction of sp³-hybridized carbons (Fsp3) is 0.929. The van der Waals surface area contributed by atoms with Crippen molar-refractivity contribution in [2.45, 2.75) is 58.0 Å². The number of rotatable bonds is 7. The van der Waals surface area contributed by atoms with Crippen LogP contribution in [0.4, 0.5) is 0 Å². The van der Waals surface area contributed by atoms with E-state index >= 15 is 0 Å². The molecule has 1 rings (SSSR count). The molecule has 3 heteroatoms. The van der Waals surface area contributed by atoms with Gasteiger partial charge in [0, 0.05) is 12.6 Å². The van der Waals surface area contributed by atoms with E-state index in [1.165, 1.54) is 25.8 Å². The first-order chi connectivity index (χ1) is 8.04. The fourth-order valence-corrected chi connectivity index (χ4v) is 2.55. The smallest absolute Gasteiger partial charge is 0.105 e. The zero-order valence-corrected chi connectivity index (χ0v) is 11.8. The topological polar surface area (TPSA) is 39.1 Å². The van der Waals surface area contributed by atoms with Crippen molar-refractivity contribution in [1.29, 1.82) is 5.26 Å². The van der Waals surface area contributed by atoms with E-state index in [9.17, 15) is 5.26 Å². The van der Waals surface area contributed by atoms with E-state index in [2.05, 4.69) is 30.1 Å². The molecule has 2 unspecified atom stereocenters. The van der Waals surface area contributed by atoms with E-state index in [1.54, 1.807) is 0 Å². The van der Waals surface area contributed by atoms with Gasteiger partial charge in [0.05, 0.1) is 6.07 Å². The second-order valence-electron chi connectivity index (χ2n) is 5.63. The van der Waals surface area contributed by atoms with Crippen LogP contribution >= 0.6 is 0 Å². The van der Waals surface area contributed by atoms with Crippen LogP contribution in [0.2, 0.25) is 0 Å². The molecule has 0 aromatic heterocycles. The van der Waals surface area contributed by atoms with Gasteiger partial charge in [-0.05, 0) is 52.6 Å². The molecule has 1 aliphatic carbocycles. The molecule has 0 amide bonds. The van der Waals surface area contributed by atoms with Gasteiger partial charge in [-0.2, -0.15) is 5.26 Å². The van der Waals surface area contributed by atoms with Gasteiger partial charge < -0.3 is 10.2 Å². The summed E-state index contributed by atoms with van der Waals surface area (Å²) in [6.45, 7) is 8.75. The second kappa shape index (κ2) is 6.37. The molecule has 1 N–H and O–H groups in total. The lowest BCUT2D eigenvalue weighted by Crippen LogP contribution is -2.47. The van der Waals surface area contributed by atoms with Crippen molar-refractivity contribution in [2.24, 2.45) is 5.92 Å². The maximum Gasteiger partial charge on any atom is 0.105 e. The summed E-state index contributed by atoms with van der Waals surface area (Å²) in [6, 6.07) is 2.85. The average molecular weight is 237 g/mol. The summed E-state index contributed by atoms with van der Waals surface area (Å²) < 4.78 is 0. The molecule has 1 aliphatic rings. The summed E-state index contributed by atoms with van der Waals surface area (Å²) in [5.41, 5.74) is -0.396. The largest absolute Gasteiger partial charge is 0.303 e. The molecule has 2 atom stereocenters. The lowest BCUT2D eigenvalue weighted by atomic mass is 9.84. The van der Waals surface area contributed by atoms with Crippen molar-refractivity contribution in [3.8, 4) is 6.07 Å². The highest BCUT2D eigenvalue weighted by atomic mass is 15.2. The molecule has 98 valence electrons. The monoisotopic (exact) mass is 237 g/mol. The molecule has 0 heterocycles. The molecule has 3 nitrogen and oxygen atoms in total. The van der Waals surface area contributed by atoms with Crippen LogP contribution in [0.1, 0.15) is 46.5 Å².